The van der Waals surface area contributed by atoms with E-state index in [9.17, 15) is 4.79 Å². The molecule has 96 valence electrons. The summed E-state index contributed by atoms with van der Waals surface area (Å²) in [6.07, 6.45) is 1.91. The van der Waals surface area contributed by atoms with Crippen molar-refractivity contribution in [1.82, 2.24) is 0 Å². The van der Waals surface area contributed by atoms with Crippen LogP contribution in [0.3, 0.4) is 0 Å². The molecule has 1 aromatic rings. The zero-order chi connectivity index (χ0) is 13.4. The molecule has 0 aromatic heterocycles. The van der Waals surface area contributed by atoms with Gasteiger partial charge in [0.05, 0.1) is 6.54 Å². The van der Waals surface area contributed by atoms with E-state index in [0.29, 0.717) is 6.54 Å². The molecule has 0 aliphatic heterocycles. The highest BCUT2D eigenvalue weighted by atomic mass is 16.1. The van der Waals surface area contributed by atoms with Crippen LogP contribution in [0.1, 0.15) is 32.3 Å². The largest absolute Gasteiger partial charge is 0.326 e. The summed E-state index contributed by atoms with van der Waals surface area (Å²) in [6.45, 7) is 4.36. The van der Waals surface area contributed by atoms with E-state index in [1.54, 1.807) is 0 Å². The van der Waals surface area contributed by atoms with Crippen molar-refractivity contribution in [2.24, 2.45) is 11.7 Å². The number of rotatable bonds is 4. The van der Waals surface area contributed by atoms with E-state index in [1.807, 2.05) is 31.2 Å². The zero-order valence-corrected chi connectivity index (χ0v) is 11.0. The van der Waals surface area contributed by atoms with Gasteiger partial charge in [0.2, 0.25) is 5.91 Å². The first kappa shape index (κ1) is 14.3. The second kappa shape index (κ2) is 7.52. The molecule has 1 aromatic carbocycles. The second-order valence-electron chi connectivity index (χ2n) is 4.27. The van der Waals surface area contributed by atoms with E-state index < -0.39 is 0 Å². The fourth-order valence-corrected chi connectivity index (χ4v) is 1.66. The van der Waals surface area contributed by atoms with Crippen molar-refractivity contribution in [3.05, 3.63) is 29.8 Å². The molecule has 1 unspecified atom stereocenters. The fourth-order valence-electron chi connectivity index (χ4n) is 1.66. The Morgan fingerprint density at radius 1 is 1.50 bits per heavy atom. The molecular weight excluding hydrogens is 224 g/mol. The predicted molar refractivity (Wildman–Crippen MR) is 75.1 cm³/mol. The second-order valence-corrected chi connectivity index (χ2v) is 4.27. The molecule has 3 N–H and O–H groups in total. The summed E-state index contributed by atoms with van der Waals surface area (Å²) in [4.78, 5) is 11.9. The van der Waals surface area contributed by atoms with Crippen molar-refractivity contribution in [1.29, 1.82) is 0 Å². The number of carbonyl (C=O) groups excluding carboxylic acids is 1. The number of nitrogens with one attached hydrogen (secondary N) is 1. The molecule has 0 saturated carbocycles. The molecule has 0 bridgehead atoms. The Morgan fingerprint density at radius 3 is 2.94 bits per heavy atom. The highest BCUT2D eigenvalue weighted by Gasteiger charge is 2.11. The van der Waals surface area contributed by atoms with Crippen LogP contribution < -0.4 is 11.1 Å². The van der Waals surface area contributed by atoms with E-state index in [-0.39, 0.29) is 11.8 Å². The average molecular weight is 244 g/mol. The number of anilines is 1. The van der Waals surface area contributed by atoms with Crippen LogP contribution in [-0.2, 0) is 4.79 Å². The maximum atomic E-state index is 11.9. The number of benzene rings is 1. The van der Waals surface area contributed by atoms with Crippen molar-refractivity contribution in [2.45, 2.75) is 26.7 Å². The topological polar surface area (TPSA) is 55.1 Å². The minimum atomic E-state index is 0.0359. The van der Waals surface area contributed by atoms with E-state index in [1.165, 1.54) is 0 Å². The molecule has 0 saturated heterocycles. The van der Waals surface area contributed by atoms with E-state index >= 15 is 0 Å². The molecule has 0 aliphatic rings. The van der Waals surface area contributed by atoms with Gasteiger partial charge in [-0.2, -0.15) is 0 Å². The molecule has 3 heteroatoms. The molecule has 3 nitrogen and oxygen atoms in total. The van der Waals surface area contributed by atoms with Gasteiger partial charge in [0.25, 0.3) is 0 Å². The SMILES string of the molecule is CCCC(C)C(=O)Nc1cccc(C#CCN)c1. The Balaban J connectivity index is 2.70. The van der Waals surface area contributed by atoms with Gasteiger partial charge in [-0.1, -0.05) is 38.2 Å². The molecule has 18 heavy (non-hydrogen) atoms. The van der Waals surface area contributed by atoms with Gasteiger partial charge in [-0.3, -0.25) is 4.79 Å². The van der Waals surface area contributed by atoms with Crippen LogP contribution in [0.2, 0.25) is 0 Å². The summed E-state index contributed by atoms with van der Waals surface area (Å²) < 4.78 is 0. The fraction of sp³-hybridized carbons (Fsp3) is 0.400. The monoisotopic (exact) mass is 244 g/mol. The van der Waals surface area contributed by atoms with Crippen molar-refractivity contribution >= 4 is 11.6 Å². The Labute approximate surface area is 109 Å². The predicted octanol–water partition coefficient (Wildman–Crippen LogP) is 2.37. The van der Waals surface area contributed by atoms with Crippen LogP contribution in [-0.4, -0.2) is 12.5 Å². The van der Waals surface area contributed by atoms with Gasteiger partial charge in [0.1, 0.15) is 0 Å². The van der Waals surface area contributed by atoms with Gasteiger partial charge in [-0.05, 0) is 24.6 Å². The van der Waals surface area contributed by atoms with Gasteiger partial charge in [0, 0.05) is 17.2 Å². The lowest BCUT2D eigenvalue weighted by Gasteiger charge is -2.11. The minimum Gasteiger partial charge on any atom is -0.326 e. The Kier molecular flexibility index (Phi) is 5.96. The van der Waals surface area contributed by atoms with Gasteiger partial charge in [-0.15, -0.1) is 0 Å². The highest BCUT2D eigenvalue weighted by molar-refractivity contribution is 5.92. The van der Waals surface area contributed by atoms with Crippen molar-refractivity contribution in [3.8, 4) is 11.8 Å². The normalized spacial score (nSPS) is 11.3. The summed E-state index contributed by atoms with van der Waals surface area (Å²) in [7, 11) is 0. The third-order valence-corrected chi connectivity index (χ3v) is 2.63. The Morgan fingerprint density at radius 2 is 2.28 bits per heavy atom. The van der Waals surface area contributed by atoms with Gasteiger partial charge < -0.3 is 11.1 Å². The first-order valence-electron chi connectivity index (χ1n) is 6.27. The van der Waals surface area contributed by atoms with Crippen molar-refractivity contribution in [3.63, 3.8) is 0 Å². The van der Waals surface area contributed by atoms with Gasteiger partial charge in [0.15, 0.2) is 0 Å². The molecule has 0 radical (unpaired) electrons. The maximum Gasteiger partial charge on any atom is 0.227 e. The molecule has 0 spiro atoms. The van der Waals surface area contributed by atoms with Crippen molar-refractivity contribution in [2.75, 3.05) is 11.9 Å². The molecule has 1 rings (SSSR count). The number of hydrogen-bond acceptors (Lipinski definition) is 2. The Bertz CT molecular complexity index is 457. The molecule has 0 heterocycles. The first-order valence-corrected chi connectivity index (χ1v) is 6.27. The van der Waals surface area contributed by atoms with Crippen LogP contribution in [0.25, 0.3) is 0 Å². The summed E-state index contributed by atoms with van der Waals surface area (Å²) in [5, 5.41) is 2.91. The zero-order valence-electron chi connectivity index (χ0n) is 11.0. The number of carbonyl (C=O) groups is 1. The first-order chi connectivity index (χ1) is 8.67. The van der Waals surface area contributed by atoms with E-state index in [4.69, 9.17) is 5.73 Å². The van der Waals surface area contributed by atoms with Gasteiger partial charge in [-0.25, -0.2) is 0 Å². The third-order valence-electron chi connectivity index (χ3n) is 2.63. The van der Waals surface area contributed by atoms with Crippen LogP contribution in [0.15, 0.2) is 24.3 Å². The van der Waals surface area contributed by atoms with Crippen LogP contribution in [0.4, 0.5) is 5.69 Å². The molecular formula is C15H20N2O. The lowest BCUT2D eigenvalue weighted by atomic mass is 10.1. The maximum absolute atomic E-state index is 11.9. The third kappa shape index (κ3) is 4.60. The van der Waals surface area contributed by atoms with Crippen LogP contribution >= 0.6 is 0 Å². The van der Waals surface area contributed by atoms with Gasteiger partial charge >= 0.3 is 0 Å². The van der Waals surface area contributed by atoms with Crippen LogP contribution in [0.5, 0.6) is 0 Å². The molecule has 1 atom stereocenters. The molecule has 0 fully saturated rings. The summed E-state index contributed by atoms with van der Waals surface area (Å²) >= 11 is 0. The van der Waals surface area contributed by atoms with E-state index in [0.717, 1.165) is 24.1 Å². The molecule has 1 amide bonds. The number of amides is 1. The quantitative estimate of drug-likeness (QED) is 0.799. The standard InChI is InChI=1S/C15H20N2O/c1-3-6-12(2)15(18)17-14-9-4-7-13(11-14)8-5-10-16/h4,7,9,11-12H,3,6,10,16H2,1-2H3,(H,17,18). The number of nitrogens with two attached hydrogens (primary N) is 1. The lowest BCUT2D eigenvalue weighted by molar-refractivity contribution is -0.119. The smallest absolute Gasteiger partial charge is 0.227 e. The lowest BCUT2D eigenvalue weighted by Crippen LogP contribution is -2.20. The summed E-state index contributed by atoms with van der Waals surface area (Å²) in [5.41, 5.74) is 6.97. The minimum absolute atomic E-state index is 0.0359. The Hall–Kier alpha value is -1.79. The summed E-state index contributed by atoms with van der Waals surface area (Å²) in [5.74, 6) is 5.83. The number of hydrogen-bond donors (Lipinski definition) is 2. The average Bonchev–Trinajstić information content (AvgIpc) is 2.37. The highest BCUT2D eigenvalue weighted by Crippen LogP contribution is 2.13. The van der Waals surface area contributed by atoms with E-state index in [2.05, 4.69) is 24.1 Å². The van der Waals surface area contributed by atoms with Crippen molar-refractivity contribution < 1.29 is 4.79 Å². The summed E-state index contributed by atoms with van der Waals surface area (Å²) in [6, 6.07) is 7.50. The molecule has 0 aliphatic carbocycles. The van der Waals surface area contributed by atoms with Crippen LogP contribution in [0, 0.1) is 17.8 Å².